The van der Waals surface area contributed by atoms with E-state index >= 15 is 0 Å². The molecule has 3 aromatic rings. The molecule has 1 fully saturated rings. The van der Waals surface area contributed by atoms with E-state index in [9.17, 15) is 22.8 Å². The third-order valence-electron chi connectivity index (χ3n) is 4.30. The number of amides is 3. The van der Waals surface area contributed by atoms with Gasteiger partial charge in [0.05, 0.1) is 16.8 Å². The van der Waals surface area contributed by atoms with Crippen molar-refractivity contribution < 1.29 is 22.8 Å². The third-order valence-corrected chi connectivity index (χ3v) is 5.25. The minimum atomic E-state index is -5.08. The Labute approximate surface area is 161 Å². The van der Waals surface area contributed by atoms with Gasteiger partial charge in [-0.2, -0.15) is 13.2 Å². The molecule has 2 heterocycles. The maximum Gasteiger partial charge on any atom is 0.440 e. The van der Waals surface area contributed by atoms with E-state index in [1.54, 1.807) is 59.9 Å². The van der Waals surface area contributed by atoms with E-state index in [0.29, 0.717) is 20.7 Å². The zero-order valence-electron chi connectivity index (χ0n) is 14.2. The van der Waals surface area contributed by atoms with Gasteiger partial charge in [0.25, 0.3) is 11.6 Å². The lowest BCUT2D eigenvalue weighted by molar-refractivity contribution is -0.188. The minimum absolute atomic E-state index is 0.117. The van der Waals surface area contributed by atoms with Gasteiger partial charge >= 0.3 is 12.2 Å². The van der Waals surface area contributed by atoms with E-state index in [1.165, 1.54) is 0 Å². The molecular weight excluding hydrogens is 393 g/mol. The van der Waals surface area contributed by atoms with Crippen molar-refractivity contribution in [1.82, 2.24) is 15.2 Å². The smallest absolute Gasteiger partial charge is 0.323 e. The van der Waals surface area contributed by atoms with Crippen LogP contribution in [0.5, 0.6) is 0 Å². The molecule has 3 amide bonds. The zero-order valence-corrected chi connectivity index (χ0v) is 15.0. The number of carbonyl (C=O) groups excluding carboxylic acids is 2. The van der Waals surface area contributed by atoms with Crippen molar-refractivity contribution in [2.75, 3.05) is 5.32 Å². The number of hydrogen-bond acceptors (Lipinski definition) is 5. The molecule has 1 aliphatic rings. The van der Waals surface area contributed by atoms with Crippen molar-refractivity contribution >= 4 is 38.6 Å². The SMILES string of the molecule is O=C1N[C@@](Nc2nc3ccccc3s2)(C(F)(F)F)C(=O)N1Cc1ccccc1. The summed E-state index contributed by atoms with van der Waals surface area (Å²) in [6.07, 6.45) is -5.08. The van der Waals surface area contributed by atoms with Crippen molar-refractivity contribution in [3.05, 3.63) is 60.2 Å². The van der Waals surface area contributed by atoms with Crippen LogP contribution >= 0.6 is 11.3 Å². The largest absolute Gasteiger partial charge is 0.440 e. The lowest BCUT2D eigenvalue weighted by Gasteiger charge is -2.29. The first-order valence-corrected chi connectivity index (χ1v) is 9.00. The van der Waals surface area contributed by atoms with Crippen LogP contribution in [0.15, 0.2) is 54.6 Å². The Kier molecular flexibility index (Phi) is 4.22. The molecule has 0 radical (unpaired) electrons. The number of urea groups is 1. The molecule has 2 N–H and O–H groups in total. The highest BCUT2D eigenvalue weighted by atomic mass is 32.1. The number of halogens is 3. The summed E-state index contributed by atoms with van der Waals surface area (Å²) >= 11 is 0.963. The molecule has 28 heavy (non-hydrogen) atoms. The van der Waals surface area contributed by atoms with Crippen molar-refractivity contribution in [2.45, 2.75) is 18.4 Å². The van der Waals surface area contributed by atoms with Gasteiger partial charge in [-0.25, -0.2) is 9.78 Å². The number of carbonyl (C=O) groups is 2. The molecular formula is C18H13F3N4O2S. The first-order valence-electron chi connectivity index (χ1n) is 8.19. The summed E-state index contributed by atoms with van der Waals surface area (Å²) in [4.78, 5) is 29.6. The van der Waals surface area contributed by atoms with Crippen molar-refractivity contribution in [1.29, 1.82) is 0 Å². The number of anilines is 1. The number of nitrogens with zero attached hydrogens (tertiary/aromatic N) is 2. The number of thiazole rings is 1. The van der Waals surface area contributed by atoms with Gasteiger partial charge < -0.3 is 5.32 Å². The number of nitrogens with one attached hydrogen (secondary N) is 2. The number of imide groups is 1. The van der Waals surface area contributed by atoms with Crippen LogP contribution in [0.4, 0.5) is 23.1 Å². The highest BCUT2D eigenvalue weighted by Gasteiger charge is 2.68. The Balaban J connectivity index is 1.69. The molecule has 0 spiro atoms. The normalized spacial score (nSPS) is 19.9. The molecule has 4 rings (SSSR count). The van der Waals surface area contributed by atoms with Gasteiger partial charge in [-0.05, 0) is 17.7 Å². The molecule has 0 bridgehead atoms. The zero-order chi connectivity index (χ0) is 19.9. The number of para-hydroxylation sites is 1. The van der Waals surface area contributed by atoms with E-state index in [2.05, 4.69) is 10.3 Å². The Morgan fingerprint density at radius 1 is 1.07 bits per heavy atom. The second kappa shape index (κ2) is 6.48. The Morgan fingerprint density at radius 3 is 2.43 bits per heavy atom. The molecule has 0 unspecified atom stereocenters. The van der Waals surface area contributed by atoms with Crippen LogP contribution in [0.25, 0.3) is 10.2 Å². The summed E-state index contributed by atoms with van der Waals surface area (Å²) in [7, 11) is 0. The van der Waals surface area contributed by atoms with Gasteiger partial charge in [0.2, 0.25) is 0 Å². The maximum absolute atomic E-state index is 13.9. The lowest BCUT2D eigenvalue weighted by atomic mass is 10.1. The summed E-state index contributed by atoms with van der Waals surface area (Å²) in [6, 6.07) is 14.0. The molecule has 1 aromatic heterocycles. The topological polar surface area (TPSA) is 74.3 Å². The van der Waals surface area contributed by atoms with Crippen molar-refractivity contribution in [2.24, 2.45) is 0 Å². The summed E-state index contributed by atoms with van der Waals surface area (Å²) in [5, 5.41) is 3.81. The van der Waals surface area contributed by atoms with Gasteiger partial charge in [-0.1, -0.05) is 53.8 Å². The van der Waals surface area contributed by atoms with Crippen LogP contribution in [0.1, 0.15) is 5.56 Å². The number of rotatable bonds is 4. The van der Waals surface area contributed by atoms with E-state index in [1.807, 2.05) is 0 Å². The van der Waals surface area contributed by atoms with Gasteiger partial charge in [-0.15, -0.1) is 0 Å². The maximum atomic E-state index is 13.9. The van der Waals surface area contributed by atoms with Crippen LogP contribution in [-0.4, -0.2) is 33.7 Å². The average molecular weight is 406 g/mol. The summed E-state index contributed by atoms with van der Waals surface area (Å²) in [5.41, 5.74) is -2.25. The highest BCUT2D eigenvalue weighted by Crippen LogP contribution is 2.38. The van der Waals surface area contributed by atoms with Gasteiger partial charge in [0.15, 0.2) is 5.13 Å². The monoisotopic (exact) mass is 406 g/mol. The number of hydrogen-bond donors (Lipinski definition) is 2. The second-order valence-corrected chi connectivity index (χ2v) is 7.20. The second-order valence-electron chi connectivity index (χ2n) is 6.17. The highest BCUT2D eigenvalue weighted by molar-refractivity contribution is 7.22. The van der Waals surface area contributed by atoms with Crippen LogP contribution < -0.4 is 10.6 Å². The molecule has 2 aromatic carbocycles. The average Bonchev–Trinajstić information content (AvgIpc) is 3.16. The molecule has 0 saturated carbocycles. The van der Waals surface area contributed by atoms with Crippen LogP contribution in [0.3, 0.4) is 0 Å². The van der Waals surface area contributed by atoms with Crippen LogP contribution in [0.2, 0.25) is 0 Å². The van der Waals surface area contributed by atoms with E-state index in [-0.39, 0.29) is 11.7 Å². The minimum Gasteiger partial charge on any atom is -0.323 e. The van der Waals surface area contributed by atoms with Gasteiger partial charge in [0, 0.05) is 0 Å². The molecule has 0 aliphatic carbocycles. The first kappa shape index (κ1) is 18.2. The number of benzene rings is 2. The third kappa shape index (κ3) is 2.95. The van der Waals surface area contributed by atoms with Crippen LogP contribution in [-0.2, 0) is 11.3 Å². The first-order chi connectivity index (χ1) is 13.3. The Morgan fingerprint density at radius 2 is 1.75 bits per heavy atom. The fourth-order valence-corrected chi connectivity index (χ4v) is 3.84. The number of alkyl halides is 3. The summed E-state index contributed by atoms with van der Waals surface area (Å²) in [5.74, 6) is -1.42. The molecule has 10 heteroatoms. The van der Waals surface area contributed by atoms with E-state index in [0.717, 1.165) is 11.3 Å². The van der Waals surface area contributed by atoms with E-state index in [4.69, 9.17) is 0 Å². The van der Waals surface area contributed by atoms with Crippen molar-refractivity contribution in [3.8, 4) is 0 Å². The molecule has 144 valence electrons. The van der Waals surface area contributed by atoms with Gasteiger partial charge in [0.1, 0.15) is 0 Å². The predicted molar refractivity (Wildman–Crippen MR) is 97.6 cm³/mol. The molecule has 1 atom stereocenters. The van der Waals surface area contributed by atoms with Crippen molar-refractivity contribution in [3.63, 3.8) is 0 Å². The summed E-state index contributed by atoms with van der Waals surface area (Å²) < 4.78 is 42.5. The summed E-state index contributed by atoms with van der Waals surface area (Å²) in [6.45, 7) is -0.273. The Hall–Kier alpha value is -3.14. The standard InChI is InChI=1S/C18H13F3N4O2S/c19-18(20,21)17(23-15-22-12-8-4-5-9-13(12)28-15)14(26)25(16(27)24-17)10-11-6-2-1-3-7-11/h1-9H,10H2,(H,22,23)(H,24,27)/t17-/m1/s1. The fraction of sp³-hybridized carbons (Fsp3) is 0.167. The quantitative estimate of drug-likeness (QED) is 0.648. The number of aromatic nitrogens is 1. The Bertz CT molecular complexity index is 1020. The molecule has 1 saturated heterocycles. The van der Waals surface area contributed by atoms with E-state index < -0.39 is 23.8 Å². The molecule has 1 aliphatic heterocycles. The predicted octanol–water partition coefficient (Wildman–Crippen LogP) is 3.72. The lowest BCUT2D eigenvalue weighted by Crippen LogP contribution is -2.64. The van der Waals surface area contributed by atoms with Gasteiger partial charge in [-0.3, -0.25) is 15.0 Å². The fourth-order valence-electron chi connectivity index (χ4n) is 2.92. The number of fused-ring (bicyclic) bond motifs is 1. The van der Waals surface area contributed by atoms with Crippen LogP contribution in [0, 0.1) is 0 Å². The molecule has 6 nitrogen and oxygen atoms in total.